The molecule has 0 N–H and O–H groups in total. The topological polar surface area (TPSA) is 161 Å². The molecular formula is C20H16N4O8. The van der Waals surface area contributed by atoms with Crippen LogP contribution in [0.2, 0.25) is 0 Å². The van der Waals surface area contributed by atoms with Gasteiger partial charge in [0, 0.05) is 48.2 Å². The molecule has 1 aliphatic heterocycles. The lowest BCUT2D eigenvalue weighted by atomic mass is 10.1. The van der Waals surface area contributed by atoms with E-state index in [9.17, 15) is 39.4 Å². The lowest BCUT2D eigenvalue weighted by molar-refractivity contribution is -0.385. The zero-order valence-electron chi connectivity index (χ0n) is 16.5. The predicted octanol–water partition coefficient (Wildman–Crippen LogP) is 2.28. The zero-order valence-corrected chi connectivity index (χ0v) is 16.5. The van der Waals surface area contributed by atoms with E-state index in [-0.39, 0.29) is 35.3 Å². The number of nitro groups is 2. The molecule has 1 saturated heterocycles. The average Bonchev–Trinajstić information content (AvgIpc) is 2.77. The zero-order chi connectivity index (χ0) is 23.4. The Morgan fingerprint density at radius 2 is 1.47 bits per heavy atom. The van der Waals surface area contributed by atoms with Gasteiger partial charge < -0.3 is 0 Å². The molecule has 12 nitrogen and oxygen atoms in total. The second-order valence-corrected chi connectivity index (χ2v) is 6.85. The molecule has 2 aromatic rings. The van der Waals surface area contributed by atoms with E-state index in [4.69, 9.17) is 0 Å². The van der Waals surface area contributed by atoms with E-state index in [2.05, 4.69) is 0 Å². The molecule has 0 saturated carbocycles. The number of Topliss-reactive ketones (excluding diaryl/α,β-unsaturated/α-hetero) is 1. The van der Waals surface area contributed by atoms with Crippen molar-refractivity contribution >= 4 is 34.9 Å². The Morgan fingerprint density at radius 3 is 2.03 bits per heavy atom. The number of nitrogens with zero attached hydrogens (tertiary/aromatic N) is 4. The van der Waals surface area contributed by atoms with Crippen molar-refractivity contribution in [2.24, 2.45) is 0 Å². The first-order valence-corrected chi connectivity index (χ1v) is 9.38. The number of nitro benzene ring substituents is 2. The highest BCUT2D eigenvalue weighted by Gasteiger charge is 2.36. The van der Waals surface area contributed by atoms with Crippen molar-refractivity contribution in [3.8, 4) is 0 Å². The van der Waals surface area contributed by atoms with Gasteiger partial charge in [-0.1, -0.05) is 12.1 Å². The molecule has 0 bridgehead atoms. The molecule has 164 valence electrons. The highest BCUT2D eigenvalue weighted by molar-refractivity contribution is 6.06. The van der Waals surface area contributed by atoms with Gasteiger partial charge in [-0.25, -0.2) is 5.01 Å². The van der Waals surface area contributed by atoms with Crippen molar-refractivity contribution in [2.45, 2.75) is 19.3 Å². The van der Waals surface area contributed by atoms with E-state index in [1.54, 1.807) is 0 Å². The van der Waals surface area contributed by atoms with Crippen molar-refractivity contribution in [1.29, 1.82) is 0 Å². The van der Waals surface area contributed by atoms with Crippen LogP contribution in [0, 0.1) is 20.2 Å². The van der Waals surface area contributed by atoms with Crippen LogP contribution in [0.15, 0.2) is 48.5 Å². The number of imide groups is 1. The Kier molecular flexibility index (Phi) is 6.33. The van der Waals surface area contributed by atoms with Gasteiger partial charge in [0.1, 0.15) is 6.54 Å². The van der Waals surface area contributed by atoms with Gasteiger partial charge in [0.15, 0.2) is 5.78 Å². The number of carbonyl (C=O) groups excluding carboxylic acids is 4. The van der Waals surface area contributed by atoms with Crippen LogP contribution in [0.3, 0.4) is 0 Å². The Hall–Kier alpha value is -4.48. The number of rotatable bonds is 7. The largest absolute Gasteiger partial charge is 0.292 e. The summed E-state index contributed by atoms with van der Waals surface area (Å²) >= 11 is 0. The predicted molar refractivity (Wildman–Crippen MR) is 107 cm³/mol. The molecule has 1 heterocycles. The lowest BCUT2D eigenvalue weighted by Crippen LogP contribution is -2.56. The van der Waals surface area contributed by atoms with E-state index in [1.165, 1.54) is 18.2 Å². The van der Waals surface area contributed by atoms with Crippen LogP contribution in [0.25, 0.3) is 0 Å². The van der Waals surface area contributed by atoms with Crippen LogP contribution in [0.1, 0.15) is 40.0 Å². The number of carbonyl (C=O) groups is 4. The number of ketones is 1. The second-order valence-electron chi connectivity index (χ2n) is 6.85. The van der Waals surface area contributed by atoms with Crippen molar-refractivity contribution in [2.75, 3.05) is 6.54 Å². The van der Waals surface area contributed by atoms with Crippen LogP contribution in [0.4, 0.5) is 11.4 Å². The number of hydrogen-bond donors (Lipinski definition) is 0. The number of piperidine rings is 1. The molecule has 32 heavy (non-hydrogen) atoms. The van der Waals surface area contributed by atoms with Crippen molar-refractivity contribution < 1.29 is 29.0 Å². The van der Waals surface area contributed by atoms with Gasteiger partial charge >= 0.3 is 0 Å². The van der Waals surface area contributed by atoms with Gasteiger partial charge in [-0.05, 0) is 18.6 Å². The normalized spacial score (nSPS) is 13.6. The molecular weight excluding hydrogens is 424 g/mol. The molecule has 0 atom stereocenters. The molecule has 0 radical (unpaired) electrons. The third-order valence-corrected chi connectivity index (χ3v) is 4.73. The van der Waals surface area contributed by atoms with Gasteiger partial charge in [-0.3, -0.25) is 39.4 Å². The average molecular weight is 440 g/mol. The highest BCUT2D eigenvalue weighted by atomic mass is 16.6. The van der Waals surface area contributed by atoms with E-state index in [0.29, 0.717) is 16.4 Å². The highest BCUT2D eigenvalue weighted by Crippen LogP contribution is 2.21. The molecule has 12 heteroatoms. The monoisotopic (exact) mass is 440 g/mol. The molecule has 3 rings (SSSR count). The number of non-ortho nitro benzene ring substituents is 2. The van der Waals surface area contributed by atoms with Crippen LogP contribution >= 0.6 is 0 Å². The van der Waals surface area contributed by atoms with Gasteiger partial charge in [0.2, 0.25) is 11.8 Å². The molecule has 0 unspecified atom stereocenters. The number of amides is 3. The fourth-order valence-electron chi connectivity index (χ4n) is 3.14. The minimum atomic E-state index is -0.901. The first kappa shape index (κ1) is 22.2. The molecule has 3 amide bonds. The van der Waals surface area contributed by atoms with E-state index >= 15 is 0 Å². The number of hydrazine groups is 1. The maximum absolute atomic E-state index is 13.1. The van der Waals surface area contributed by atoms with Crippen molar-refractivity contribution in [1.82, 2.24) is 10.0 Å². The van der Waals surface area contributed by atoms with Gasteiger partial charge in [-0.15, -0.1) is 0 Å². The Balaban J connectivity index is 1.96. The summed E-state index contributed by atoms with van der Waals surface area (Å²) in [6.07, 6.45) is 0.272. The molecule has 0 spiro atoms. The van der Waals surface area contributed by atoms with Crippen molar-refractivity contribution in [3.63, 3.8) is 0 Å². The van der Waals surface area contributed by atoms with Crippen LogP contribution < -0.4 is 0 Å². The fourth-order valence-corrected chi connectivity index (χ4v) is 3.14. The Labute approximate surface area is 180 Å². The minimum absolute atomic E-state index is 0.0131. The summed E-state index contributed by atoms with van der Waals surface area (Å²) in [5.41, 5.74) is -0.786. The van der Waals surface area contributed by atoms with E-state index in [0.717, 1.165) is 30.3 Å². The molecule has 1 fully saturated rings. The summed E-state index contributed by atoms with van der Waals surface area (Å²) in [6.45, 7) is -0.742. The smallest absolute Gasteiger partial charge is 0.273 e. The molecule has 2 aromatic carbocycles. The molecule has 1 aliphatic rings. The van der Waals surface area contributed by atoms with Gasteiger partial charge in [0.05, 0.1) is 9.85 Å². The summed E-state index contributed by atoms with van der Waals surface area (Å²) in [5.74, 6) is -3.00. The third kappa shape index (κ3) is 4.64. The summed E-state index contributed by atoms with van der Waals surface area (Å²) in [4.78, 5) is 71.2. The molecule has 0 aromatic heterocycles. The minimum Gasteiger partial charge on any atom is -0.292 e. The standard InChI is InChI=1S/C20H16N4O8/c25-17(14-3-1-4-16(11-14)24(31)32)12-21(22-18(26)5-2-6-19(22)27)20(28)13-7-9-15(10-8-13)23(29)30/h1,3-4,7-11H,2,5-6,12H2. The second kappa shape index (κ2) is 9.12. The summed E-state index contributed by atoms with van der Waals surface area (Å²) in [6, 6.07) is 9.26. The lowest BCUT2D eigenvalue weighted by Gasteiger charge is -2.35. The quantitative estimate of drug-likeness (QED) is 0.274. The summed E-state index contributed by atoms with van der Waals surface area (Å²) in [5, 5.41) is 23.1. The van der Waals surface area contributed by atoms with Gasteiger partial charge in [-0.2, -0.15) is 5.01 Å². The van der Waals surface area contributed by atoms with Crippen molar-refractivity contribution in [3.05, 3.63) is 79.9 Å². The SMILES string of the molecule is O=C(CN(C(=O)c1ccc([N+](=O)[O-])cc1)N1C(=O)CCCC1=O)c1cccc([N+](=O)[O-])c1. The number of benzene rings is 2. The van der Waals surface area contributed by atoms with E-state index < -0.39 is 39.9 Å². The first-order valence-electron chi connectivity index (χ1n) is 9.38. The maximum atomic E-state index is 13.1. The Morgan fingerprint density at radius 1 is 0.875 bits per heavy atom. The molecule has 0 aliphatic carbocycles. The first-order chi connectivity index (χ1) is 15.2. The van der Waals surface area contributed by atoms with Crippen LogP contribution in [-0.2, 0) is 9.59 Å². The summed E-state index contributed by atoms with van der Waals surface area (Å²) < 4.78 is 0. The maximum Gasteiger partial charge on any atom is 0.273 e. The fraction of sp³-hybridized carbons (Fsp3) is 0.200. The van der Waals surface area contributed by atoms with Crippen LogP contribution in [-0.4, -0.2) is 49.9 Å². The third-order valence-electron chi connectivity index (χ3n) is 4.73. The Bertz CT molecular complexity index is 1110. The van der Waals surface area contributed by atoms with Gasteiger partial charge in [0.25, 0.3) is 17.3 Å². The summed E-state index contributed by atoms with van der Waals surface area (Å²) in [7, 11) is 0. The number of hydrogen-bond acceptors (Lipinski definition) is 8. The van der Waals surface area contributed by atoms with E-state index in [1.807, 2.05) is 0 Å². The van der Waals surface area contributed by atoms with Crippen LogP contribution in [0.5, 0.6) is 0 Å².